The van der Waals surface area contributed by atoms with E-state index in [2.05, 4.69) is 15.6 Å². The van der Waals surface area contributed by atoms with Gasteiger partial charge in [0.15, 0.2) is 5.69 Å². The molecule has 1 aromatic heterocycles. The van der Waals surface area contributed by atoms with Crippen molar-refractivity contribution in [1.29, 1.82) is 0 Å². The summed E-state index contributed by atoms with van der Waals surface area (Å²) in [4.78, 5) is 12.2. The predicted molar refractivity (Wildman–Crippen MR) is 77.7 cm³/mol. The van der Waals surface area contributed by atoms with Gasteiger partial charge in [-0.1, -0.05) is 28.9 Å². The molecule has 110 valence electrons. The molecule has 0 bridgehead atoms. The molecule has 1 aliphatic heterocycles. The summed E-state index contributed by atoms with van der Waals surface area (Å²) in [5.41, 5.74) is 0.592. The molecule has 7 heteroatoms. The van der Waals surface area contributed by atoms with Gasteiger partial charge in [0.2, 0.25) is 0 Å². The molecule has 2 aromatic rings. The van der Waals surface area contributed by atoms with E-state index in [1.165, 1.54) is 4.68 Å². The molecular weight excluding hydrogens is 292 g/mol. The highest BCUT2D eigenvalue weighted by Crippen LogP contribution is 2.20. The van der Waals surface area contributed by atoms with Crippen LogP contribution in [0.1, 0.15) is 23.8 Å². The number of amides is 1. The smallest absolute Gasteiger partial charge is 0.273 e. The molecule has 0 saturated carbocycles. The van der Waals surface area contributed by atoms with Crippen LogP contribution in [-0.2, 0) is 4.74 Å². The van der Waals surface area contributed by atoms with E-state index < -0.39 is 0 Å². The van der Waals surface area contributed by atoms with Crippen molar-refractivity contribution in [1.82, 2.24) is 20.3 Å². The molecule has 1 atom stereocenters. The second-order valence-corrected chi connectivity index (χ2v) is 5.72. The number of nitrogens with one attached hydrogen (secondary N) is 1. The number of rotatable bonds is 3. The minimum atomic E-state index is -0.342. The lowest BCUT2D eigenvalue weighted by molar-refractivity contribution is 0.0884. The van der Waals surface area contributed by atoms with Crippen LogP contribution in [-0.4, -0.2) is 39.7 Å². The van der Waals surface area contributed by atoms with Gasteiger partial charge in [0.1, 0.15) is 0 Å². The molecule has 6 nitrogen and oxygen atoms in total. The first-order chi connectivity index (χ1) is 10.1. The molecule has 1 aliphatic rings. The monoisotopic (exact) mass is 306 g/mol. The SMILES string of the molecule is CC1(NC(=O)c2cn(-c3ccccc3Cl)nn2)CCOC1. The summed E-state index contributed by atoms with van der Waals surface area (Å²) >= 11 is 6.10. The van der Waals surface area contributed by atoms with Crippen LogP contribution < -0.4 is 5.32 Å². The van der Waals surface area contributed by atoms with Crippen LogP contribution in [0.25, 0.3) is 5.69 Å². The molecular formula is C14H15ClN4O2. The number of benzene rings is 1. The first kappa shape index (κ1) is 14.0. The zero-order chi connectivity index (χ0) is 14.9. The quantitative estimate of drug-likeness (QED) is 0.939. The van der Waals surface area contributed by atoms with Crippen molar-refractivity contribution in [3.63, 3.8) is 0 Å². The van der Waals surface area contributed by atoms with Crippen molar-refractivity contribution in [3.05, 3.63) is 41.2 Å². The fourth-order valence-electron chi connectivity index (χ4n) is 2.23. The van der Waals surface area contributed by atoms with Crippen LogP contribution in [0.5, 0.6) is 0 Å². The van der Waals surface area contributed by atoms with Gasteiger partial charge < -0.3 is 10.1 Å². The number of carbonyl (C=O) groups excluding carboxylic acids is 1. The zero-order valence-electron chi connectivity index (χ0n) is 11.5. The Morgan fingerprint density at radius 1 is 1.48 bits per heavy atom. The summed E-state index contributed by atoms with van der Waals surface area (Å²) in [5, 5.41) is 11.3. The highest BCUT2D eigenvalue weighted by Gasteiger charge is 2.32. The molecule has 3 rings (SSSR count). The van der Waals surface area contributed by atoms with Crippen LogP contribution in [0.3, 0.4) is 0 Å². The molecule has 1 N–H and O–H groups in total. The standard InChI is InChI=1S/C14H15ClN4O2/c1-14(6-7-21-9-14)16-13(20)11-8-19(18-17-11)12-5-3-2-4-10(12)15/h2-5,8H,6-7,9H2,1H3,(H,16,20). The fraction of sp³-hybridized carbons (Fsp3) is 0.357. The topological polar surface area (TPSA) is 69.0 Å². The lowest BCUT2D eigenvalue weighted by Crippen LogP contribution is -2.46. The van der Waals surface area contributed by atoms with Crippen LogP contribution in [0.15, 0.2) is 30.5 Å². The Morgan fingerprint density at radius 3 is 3.00 bits per heavy atom. The lowest BCUT2D eigenvalue weighted by atomic mass is 10.0. The van der Waals surface area contributed by atoms with Crippen LogP contribution in [0, 0.1) is 0 Å². The van der Waals surface area contributed by atoms with Gasteiger partial charge in [0.05, 0.1) is 29.1 Å². The maximum absolute atomic E-state index is 12.2. The van der Waals surface area contributed by atoms with E-state index in [4.69, 9.17) is 16.3 Å². The number of nitrogens with zero attached hydrogens (tertiary/aromatic N) is 3. The second-order valence-electron chi connectivity index (χ2n) is 5.32. The van der Waals surface area contributed by atoms with Gasteiger partial charge in [0.25, 0.3) is 5.91 Å². The molecule has 0 spiro atoms. The van der Waals surface area contributed by atoms with Crippen molar-refractivity contribution in [2.75, 3.05) is 13.2 Å². The van der Waals surface area contributed by atoms with Crippen molar-refractivity contribution < 1.29 is 9.53 Å². The second kappa shape index (κ2) is 5.46. The summed E-state index contributed by atoms with van der Waals surface area (Å²) in [6.07, 6.45) is 2.35. The third-order valence-electron chi connectivity index (χ3n) is 3.46. The Balaban J connectivity index is 1.79. The van der Waals surface area contributed by atoms with Gasteiger partial charge in [-0.15, -0.1) is 5.10 Å². The van der Waals surface area contributed by atoms with E-state index >= 15 is 0 Å². The predicted octanol–water partition coefficient (Wildman–Crippen LogP) is 1.83. The van der Waals surface area contributed by atoms with Crippen LogP contribution in [0.2, 0.25) is 5.02 Å². The molecule has 1 aromatic carbocycles. The van der Waals surface area contributed by atoms with Crippen molar-refractivity contribution >= 4 is 17.5 Å². The Labute approximate surface area is 127 Å². The Kier molecular flexibility index (Phi) is 3.65. The Bertz CT molecular complexity index is 664. The number of ether oxygens (including phenoxy) is 1. The number of hydrogen-bond acceptors (Lipinski definition) is 4. The van der Waals surface area contributed by atoms with Gasteiger partial charge in [-0.05, 0) is 25.5 Å². The third-order valence-corrected chi connectivity index (χ3v) is 3.78. The molecule has 1 saturated heterocycles. The molecule has 0 radical (unpaired) electrons. The van der Waals surface area contributed by atoms with E-state index in [-0.39, 0.29) is 17.1 Å². The van der Waals surface area contributed by atoms with Crippen molar-refractivity contribution in [2.24, 2.45) is 0 Å². The first-order valence-electron chi connectivity index (χ1n) is 6.65. The van der Waals surface area contributed by atoms with Crippen molar-refractivity contribution in [3.8, 4) is 5.69 Å². The number of carbonyl (C=O) groups is 1. The maximum Gasteiger partial charge on any atom is 0.273 e. The van der Waals surface area contributed by atoms with E-state index in [1.807, 2.05) is 25.1 Å². The molecule has 2 heterocycles. The normalized spacial score (nSPS) is 21.4. The third kappa shape index (κ3) is 2.91. The first-order valence-corrected chi connectivity index (χ1v) is 7.03. The molecule has 1 fully saturated rings. The largest absolute Gasteiger partial charge is 0.379 e. The lowest BCUT2D eigenvalue weighted by Gasteiger charge is -2.22. The average Bonchev–Trinajstić information content (AvgIpc) is 3.08. The summed E-state index contributed by atoms with van der Waals surface area (Å²) in [6, 6.07) is 7.25. The molecule has 0 aliphatic carbocycles. The highest BCUT2D eigenvalue weighted by molar-refractivity contribution is 6.32. The minimum Gasteiger partial charge on any atom is -0.379 e. The van der Waals surface area contributed by atoms with Gasteiger partial charge in [0, 0.05) is 6.61 Å². The summed E-state index contributed by atoms with van der Waals surface area (Å²) in [6.45, 7) is 3.12. The van der Waals surface area contributed by atoms with Crippen molar-refractivity contribution in [2.45, 2.75) is 18.9 Å². The Morgan fingerprint density at radius 2 is 2.29 bits per heavy atom. The number of hydrogen-bond donors (Lipinski definition) is 1. The van der Waals surface area contributed by atoms with Crippen LogP contribution >= 0.6 is 11.6 Å². The average molecular weight is 307 g/mol. The Hall–Kier alpha value is -1.92. The van der Waals surface area contributed by atoms with Gasteiger partial charge in [-0.3, -0.25) is 4.79 Å². The van der Waals surface area contributed by atoms with E-state index in [1.54, 1.807) is 12.3 Å². The zero-order valence-corrected chi connectivity index (χ0v) is 12.3. The summed E-state index contributed by atoms with van der Waals surface area (Å²) in [5.74, 6) is -0.263. The van der Waals surface area contributed by atoms with Gasteiger partial charge >= 0.3 is 0 Å². The minimum absolute atomic E-state index is 0.253. The highest BCUT2D eigenvalue weighted by atomic mass is 35.5. The maximum atomic E-state index is 12.2. The molecule has 21 heavy (non-hydrogen) atoms. The number of aromatic nitrogens is 3. The fourth-order valence-corrected chi connectivity index (χ4v) is 2.45. The van der Waals surface area contributed by atoms with Gasteiger partial charge in [-0.2, -0.15) is 0 Å². The van der Waals surface area contributed by atoms with E-state index in [0.717, 1.165) is 6.42 Å². The molecule has 1 amide bonds. The van der Waals surface area contributed by atoms with Crippen LogP contribution in [0.4, 0.5) is 0 Å². The number of para-hydroxylation sites is 1. The van der Waals surface area contributed by atoms with E-state index in [0.29, 0.717) is 23.9 Å². The molecule has 1 unspecified atom stereocenters. The summed E-state index contributed by atoms with van der Waals surface area (Å²) < 4.78 is 6.80. The summed E-state index contributed by atoms with van der Waals surface area (Å²) in [7, 11) is 0. The number of halogens is 1. The van der Waals surface area contributed by atoms with Gasteiger partial charge in [-0.25, -0.2) is 4.68 Å². The van der Waals surface area contributed by atoms with E-state index in [9.17, 15) is 4.79 Å².